The Labute approximate surface area is 179 Å². The third-order valence-electron chi connectivity index (χ3n) is 5.58. The fraction of sp³-hybridized carbons (Fsp3) is 0.240. The van der Waals surface area contributed by atoms with Gasteiger partial charge in [-0.15, -0.1) is 11.3 Å². The maximum Gasteiger partial charge on any atom is 0.263 e. The van der Waals surface area contributed by atoms with Crippen LogP contribution >= 0.6 is 11.3 Å². The summed E-state index contributed by atoms with van der Waals surface area (Å²) in [4.78, 5) is 33.2. The van der Waals surface area contributed by atoms with Crippen LogP contribution in [0.4, 0.5) is 0 Å². The van der Waals surface area contributed by atoms with Gasteiger partial charge in [-0.2, -0.15) is 0 Å². The monoisotopic (exact) mass is 416 g/mol. The van der Waals surface area contributed by atoms with E-state index in [9.17, 15) is 9.59 Å². The Bertz CT molecular complexity index is 1320. The second-order valence-electron chi connectivity index (χ2n) is 7.57. The molecule has 152 valence electrons. The van der Waals surface area contributed by atoms with Gasteiger partial charge in [0.15, 0.2) is 5.78 Å². The highest BCUT2D eigenvalue weighted by Crippen LogP contribution is 2.35. The van der Waals surface area contributed by atoms with Crippen molar-refractivity contribution >= 4 is 27.3 Å². The zero-order chi connectivity index (χ0) is 21.4. The Morgan fingerprint density at radius 3 is 2.43 bits per heavy atom. The first-order valence-corrected chi connectivity index (χ1v) is 10.9. The molecule has 5 heteroatoms. The molecule has 0 radical (unpaired) electrons. The number of aryl methyl sites for hydroxylation is 4. The van der Waals surface area contributed by atoms with Gasteiger partial charge in [0.2, 0.25) is 0 Å². The summed E-state index contributed by atoms with van der Waals surface area (Å²) >= 11 is 1.54. The summed E-state index contributed by atoms with van der Waals surface area (Å²) in [6.07, 6.45) is 0.586. The summed E-state index contributed by atoms with van der Waals surface area (Å²) in [6.45, 7) is 7.98. The van der Waals surface area contributed by atoms with Crippen LogP contribution in [0.15, 0.2) is 53.3 Å². The average molecular weight is 417 g/mol. The number of benzene rings is 2. The molecule has 2 aromatic heterocycles. The Kier molecular flexibility index (Phi) is 5.39. The molecule has 0 spiro atoms. The molecule has 0 saturated carbocycles. The second kappa shape index (κ2) is 8.00. The van der Waals surface area contributed by atoms with Crippen molar-refractivity contribution in [3.63, 3.8) is 0 Å². The van der Waals surface area contributed by atoms with E-state index in [0.717, 1.165) is 32.0 Å². The Morgan fingerprint density at radius 2 is 1.77 bits per heavy atom. The van der Waals surface area contributed by atoms with Gasteiger partial charge in [0.05, 0.1) is 11.9 Å². The lowest BCUT2D eigenvalue weighted by Gasteiger charge is -2.12. The predicted octanol–water partition coefficient (Wildman–Crippen LogP) is 5.50. The smallest absolute Gasteiger partial charge is 0.263 e. The summed E-state index contributed by atoms with van der Waals surface area (Å²) in [5.41, 5.74) is 4.60. The van der Waals surface area contributed by atoms with Gasteiger partial charge in [0, 0.05) is 22.4 Å². The van der Waals surface area contributed by atoms with Gasteiger partial charge in [-0.05, 0) is 43.5 Å². The lowest BCUT2D eigenvalue weighted by Crippen LogP contribution is -2.28. The molecule has 0 amide bonds. The van der Waals surface area contributed by atoms with Gasteiger partial charge < -0.3 is 0 Å². The Hall–Kier alpha value is -3.05. The van der Waals surface area contributed by atoms with Crippen LogP contribution in [0, 0.1) is 20.8 Å². The van der Waals surface area contributed by atoms with Crippen LogP contribution in [0.3, 0.4) is 0 Å². The molecule has 0 N–H and O–H groups in total. The minimum atomic E-state index is -0.141. The van der Waals surface area contributed by atoms with Gasteiger partial charge in [0.1, 0.15) is 10.7 Å². The summed E-state index contributed by atoms with van der Waals surface area (Å²) in [5, 5.41) is 0.605. The van der Waals surface area contributed by atoms with E-state index in [-0.39, 0.29) is 17.9 Å². The molecule has 4 nitrogen and oxygen atoms in total. The maximum atomic E-state index is 13.6. The van der Waals surface area contributed by atoms with Crippen LogP contribution in [0.25, 0.3) is 21.3 Å². The molecule has 0 atom stereocenters. The molecule has 2 heterocycles. The molecule has 0 aliphatic carbocycles. The minimum absolute atomic E-state index is 0.00340. The number of ketones is 1. The highest BCUT2D eigenvalue weighted by Gasteiger charge is 2.20. The molecule has 0 fully saturated rings. The van der Waals surface area contributed by atoms with Crippen molar-refractivity contribution in [2.45, 2.75) is 40.7 Å². The van der Waals surface area contributed by atoms with E-state index in [1.165, 1.54) is 11.3 Å². The fourth-order valence-electron chi connectivity index (χ4n) is 3.77. The molecular formula is C25H24N2O2S. The van der Waals surface area contributed by atoms with Crippen LogP contribution in [0.1, 0.15) is 39.1 Å². The number of rotatable bonds is 5. The largest absolute Gasteiger partial charge is 0.292 e. The molecule has 4 rings (SSSR count). The normalized spacial score (nSPS) is 11.2. The minimum Gasteiger partial charge on any atom is -0.292 e. The van der Waals surface area contributed by atoms with Crippen molar-refractivity contribution < 1.29 is 4.79 Å². The van der Waals surface area contributed by atoms with Crippen LogP contribution in [-0.4, -0.2) is 15.3 Å². The van der Waals surface area contributed by atoms with Crippen molar-refractivity contribution in [3.8, 4) is 11.1 Å². The summed E-state index contributed by atoms with van der Waals surface area (Å²) in [7, 11) is 0. The highest BCUT2D eigenvalue weighted by atomic mass is 32.1. The van der Waals surface area contributed by atoms with Crippen molar-refractivity contribution in [3.05, 3.63) is 86.3 Å². The predicted molar refractivity (Wildman–Crippen MR) is 124 cm³/mol. The molecule has 0 saturated heterocycles. The van der Waals surface area contributed by atoms with E-state index in [1.807, 2.05) is 76.2 Å². The van der Waals surface area contributed by atoms with Crippen LogP contribution in [-0.2, 0) is 13.0 Å². The zero-order valence-electron chi connectivity index (χ0n) is 17.7. The maximum absolute atomic E-state index is 13.6. The average Bonchev–Trinajstić information content (AvgIpc) is 3.08. The SMILES string of the molecule is CCc1nc2sc(C)c(-c3ccccc3)c2c(=O)n1CC(=O)c1ccc(C)c(C)c1. The fourth-order valence-corrected chi connectivity index (χ4v) is 4.83. The molecule has 2 aromatic carbocycles. The van der Waals surface area contributed by atoms with Gasteiger partial charge in [-0.1, -0.05) is 49.4 Å². The quantitative estimate of drug-likeness (QED) is 0.404. The van der Waals surface area contributed by atoms with Gasteiger partial charge in [0.25, 0.3) is 5.56 Å². The van der Waals surface area contributed by atoms with E-state index in [0.29, 0.717) is 23.2 Å². The molecule has 0 aliphatic rings. The standard InChI is InChI=1S/C25H24N2O2S/c1-5-21-26-24-23(22(17(4)30-24)18-9-7-6-8-10-18)25(29)27(21)14-20(28)19-12-11-15(2)16(3)13-19/h6-13H,5,14H2,1-4H3. The van der Waals surface area contributed by atoms with E-state index < -0.39 is 0 Å². The summed E-state index contributed by atoms with van der Waals surface area (Å²) in [6, 6.07) is 15.6. The molecule has 0 aliphatic heterocycles. The first kappa shape index (κ1) is 20.2. The van der Waals surface area contributed by atoms with Crippen molar-refractivity contribution in [2.75, 3.05) is 0 Å². The second-order valence-corrected chi connectivity index (χ2v) is 8.78. The number of thiophene rings is 1. The molecule has 0 unspecified atom stereocenters. The third kappa shape index (κ3) is 3.50. The van der Waals surface area contributed by atoms with Crippen LogP contribution in [0.2, 0.25) is 0 Å². The molecule has 4 aromatic rings. The van der Waals surface area contributed by atoms with E-state index >= 15 is 0 Å². The highest BCUT2D eigenvalue weighted by molar-refractivity contribution is 7.19. The van der Waals surface area contributed by atoms with Crippen molar-refractivity contribution in [2.24, 2.45) is 0 Å². The van der Waals surface area contributed by atoms with E-state index in [1.54, 1.807) is 4.57 Å². The van der Waals surface area contributed by atoms with Gasteiger partial charge in [-0.25, -0.2) is 4.98 Å². The number of carbonyl (C=O) groups is 1. The first-order valence-electron chi connectivity index (χ1n) is 10.1. The molecule has 0 bridgehead atoms. The number of carbonyl (C=O) groups excluding carboxylic acids is 1. The Morgan fingerprint density at radius 1 is 1.03 bits per heavy atom. The van der Waals surface area contributed by atoms with Crippen molar-refractivity contribution in [1.29, 1.82) is 0 Å². The van der Waals surface area contributed by atoms with E-state index in [4.69, 9.17) is 4.98 Å². The number of Topliss-reactive ketones (excluding diaryl/α,β-unsaturated/α-hetero) is 1. The Balaban J connectivity index is 1.87. The first-order chi connectivity index (χ1) is 14.4. The molecule has 30 heavy (non-hydrogen) atoms. The third-order valence-corrected chi connectivity index (χ3v) is 6.58. The zero-order valence-corrected chi connectivity index (χ0v) is 18.5. The van der Waals surface area contributed by atoms with E-state index in [2.05, 4.69) is 0 Å². The van der Waals surface area contributed by atoms with Gasteiger partial charge in [-0.3, -0.25) is 14.2 Å². The lowest BCUT2D eigenvalue weighted by atomic mass is 10.0. The summed E-state index contributed by atoms with van der Waals surface area (Å²) in [5.74, 6) is 0.565. The lowest BCUT2D eigenvalue weighted by molar-refractivity contribution is 0.0969. The van der Waals surface area contributed by atoms with Crippen LogP contribution < -0.4 is 5.56 Å². The van der Waals surface area contributed by atoms with Crippen LogP contribution in [0.5, 0.6) is 0 Å². The molecular weight excluding hydrogens is 392 g/mol. The van der Waals surface area contributed by atoms with Gasteiger partial charge >= 0.3 is 0 Å². The number of nitrogens with zero attached hydrogens (tertiary/aromatic N) is 2. The number of hydrogen-bond acceptors (Lipinski definition) is 4. The topological polar surface area (TPSA) is 52.0 Å². The number of fused-ring (bicyclic) bond motifs is 1. The number of aromatic nitrogens is 2. The van der Waals surface area contributed by atoms with Crippen molar-refractivity contribution in [1.82, 2.24) is 9.55 Å². The summed E-state index contributed by atoms with van der Waals surface area (Å²) < 4.78 is 1.55. The number of hydrogen-bond donors (Lipinski definition) is 0.